The van der Waals surface area contributed by atoms with E-state index in [0.29, 0.717) is 17.8 Å². The number of fused-ring (bicyclic) bond motifs is 2. The number of ether oxygens (including phenoxy) is 1. The summed E-state index contributed by atoms with van der Waals surface area (Å²) in [5.41, 5.74) is 2.59. The van der Waals surface area contributed by atoms with Gasteiger partial charge in [0.15, 0.2) is 5.69 Å². The molecule has 2 unspecified atom stereocenters. The molecule has 0 amide bonds. The SMILES string of the molecule is CC1(CO)Cc2ncn(C3Cc4ccccc4N3)c2C(=O)O1. The molecule has 0 fully saturated rings. The van der Waals surface area contributed by atoms with Crippen LogP contribution in [0.4, 0.5) is 5.69 Å². The number of hydrogen-bond donors (Lipinski definition) is 2. The molecular weight excluding hydrogens is 282 g/mol. The second kappa shape index (κ2) is 4.58. The minimum absolute atomic E-state index is 0.0420. The molecule has 2 N–H and O–H groups in total. The highest BCUT2D eigenvalue weighted by molar-refractivity contribution is 5.90. The maximum atomic E-state index is 12.3. The molecule has 2 aliphatic rings. The number of nitrogens with zero attached hydrogens (tertiary/aromatic N) is 2. The third-order valence-electron chi connectivity index (χ3n) is 4.37. The van der Waals surface area contributed by atoms with Crippen LogP contribution in [0.15, 0.2) is 30.6 Å². The predicted molar refractivity (Wildman–Crippen MR) is 79.6 cm³/mol. The smallest absolute Gasteiger partial charge is 0.357 e. The first-order valence-electron chi connectivity index (χ1n) is 7.34. The highest BCUT2D eigenvalue weighted by atomic mass is 16.6. The van der Waals surface area contributed by atoms with Crippen molar-refractivity contribution in [1.29, 1.82) is 0 Å². The number of esters is 1. The van der Waals surface area contributed by atoms with E-state index < -0.39 is 11.6 Å². The van der Waals surface area contributed by atoms with Crippen LogP contribution in [-0.2, 0) is 17.6 Å². The van der Waals surface area contributed by atoms with E-state index in [9.17, 15) is 9.90 Å². The number of imidazole rings is 1. The summed E-state index contributed by atoms with van der Waals surface area (Å²) in [5.74, 6) is -0.423. The van der Waals surface area contributed by atoms with Gasteiger partial charge in [-0.25, -0.2) is 9.78 Å². The number of nitrogens with one attached hydrogen (secondary N) is 1. The molecule has 0 spiro atoms. The largest absolute Gasteiger partial charge is 0.452 e. The van der Waals surface area contributed by atoms with Gasteiger partial charge in [0, 0.05) is 18.5 Å². The summed E-state index contributed by atoms with van der Waals surface area (Å²) in [5, 5.41) is 12.8. The maximum absolute atomic E-state index is 12.3. The summed E-state index contributed by atoms with van der Waals surface area (Å²) in [4.78, 5) is 16.7. The summed E-state index contributed by atoms with van der Waals surface area (Å²) in [6.07, 6.45) is 2.86. The number of aromatic nitrogens is 2. The van der Waals surface area contributed by atoms with Crippen LogP contribution >= 0.6 is 0 Å². The summed E-state index contributed by atoms with van der Waals surface area (Å²) in [6.45, 7) is 1.51. The molecule has 2 aromatic rings. The minimum atomic E-state index is -0.880. The summed E-state index contributed by atoms with van der Waals surface area (Å²) < 4.78 is 7.25. The zero-order valence-electron chi connectivity index (χ0n) is 12.2. The van der Waals surface area contributed by atoms with Crippen LogP contribution in [0.5, 0.6) is 0 Å². The predicted octanol–water partition coefficient (Wildman–Crippen LogP) is 1.51. The normalized spacial score (nSPS) is 26.1. The first kappa shape index (κ1) is 13.3. The van der Waals surface area contributed by atoms with E-state index >= 15 is 0 Å². The molecule has 0 radical (unpaired) electrons. The van der Waals surface area contributed by atoms with Gasteiger partial charge in [-0.05, 0) is 18.6 Å². The fourth-order valence-electron chi connectivity index (χ4n) is 3.19. The highest BCUT2D eigenvalue weighted by Crippen LogP contribution is 2.34. The molecule has 4 rings (SSSR count). The van der Waals surface area contributed by atoms with Crippen LogP contribution in [0.2, 0.25) is 0 Å². The Morgan fingerprint density at radius 1 is 1.50 bits per heavy atom. The molecular formula is C16H17N3O3. The average Bonchev–Trinajstić information content (AvgIpc) is 3.10. The van der Waals surface area contributed by atoms with Gasteiger partial charge in [-0.2, -0.15) is 0 Å². The molecule has 6 heteroatoms. The number of aliphatic hydroxyl groups excluding tert-OH is 1. The molecule has 1 aromatic heterocycles. The third-order valence-corrected chi connectivity index (χ3v) is 4.37. The van der Waals surface area contributed by atoms with Gasteiger partial charge in [-0.1, -0.05) is 18.2 Å². The number of aliphatic hydroxyl groups is 1. The van der Waals surface area contributed by atoms with Crippen molar-refractivity contribution < 1.29 is 14.6 Å². The molecule has 2 atom stereocenters. The van der Waals surface area contributed by atoms with Crippen LogP contribution in [0.25, 0.3) is 0 Å². The van der Waals surface area contributed by atoms with Crippen LogP contribution < -0.4 is 5.32 Å². The molecule has 0 saturated heterocycles. The van der Waals surface area contributed by atoms with E-state index in [0.717, 1.165) is 12.1 Å². The molecule has 3 heterocycles. The zero-order chi connectivity index (χ0) is 15.3. The van der Waals surface area contributed by atoms with Crippen LogP contribution in [0, 0.1) is 0 Å². The molecule has 6 nitrogen and oxygen atoms in total. The molecule has 0 bridgehead atoms. The highest BCUT2D eigenvalue weighted by Gasteiger charge is 2.40. The van der Waals surface area contributed by atoms with Crippen molar-refractivity contribution in [3.63, 3.8) is 0 Å². The van der Waals surface area contributed by atoms with Gasteiger partial charge in [0.25, 0.3) is 0 Å². The van der Waals surface area contributed by atoms with E-state index in [4.69, 9.17) is 4.74 Å². The standard InChI is InChI=1S/C16H17N3O3/c1-16(8-20)7-12-14(15(21)22-16)19(9-17-12)13-6-10-4-2-3-5-11(10)18-13/h2-5,9,13,18,20H,6-8H2,1H3. The quantitative estimate of drug-likeness (QED) is 0.822. The lowest BCUT2D eigenvalue weighted by molar-refractivity contribution is -0.0438. The Labute approximate surface area is 127 Å². The number of hydrogen-bond acceptors (Lipinski definition) is 5. The van der Waals surface area contributed by atoms with Crippen molar-refractivity contribution in [2.75, 3.05) is 11.9 Å². The second-order valence-corrected chi connectivity index (χ2v) is 6.14. The van der Waals surface area contributed by atoms with Crippen LogP contribution in [-0.4, -0.2) is 32.8 Å². The van der Waals surface area contributed by atoms with Crippen LogP contribution in [0.1, 0.15) is 34.8 Å². The van der Waals surface area contributed by atoms with Gasteiger partial charge in [-0.3, -0.25) is 0 Å². The van der Waals surface area contributed by atoms with Gasteiger partial charge < -0.3 is 19.7 Å². The maximum Gasteiger partial charge on any atom is 0.357 e. The Balaban J connectivity index is 1.68. The van der Waals surface area contributed by atoms with Gasteiger partial charge in [0.05, 0.1) is 18.6 Å². The number of anilines is 1. The fraction of sp³-hybridized carbons (Fsp3) is 0.375. The lowest BCUT2D eigenvalue weighted by Crippen LogP contribution is -2.43. The van der Waals surface area contributed by atoms with Gasteiger partial charge in [-0.15, -0.1) is 0 Å². The van der Waals surface area contributed by atoms with Crippen molar-refractivity contribution in [1.82, 2.24) is 9.55 Å². The van der Waals surface area contributed by atoms with Gasteiger partial charge in [0.1, 0.15) is 11.8 Å². The van der Waals surface area contributed by atoms with E-state index in [1.807, 2.05) is 22.8 Å². The fourth-order valence-corrected chi connectivity index (χ4v) is 3.19. The van der Waals surface area contributed by atoms with Crippen molar-refractivity contribution in [3.8, 4) is 0 Å². The van der Waals surface area contributed by atoms with E-state index in [-0.39, 0.29) is 12.8 Å². The first-order chi connectivity index (χ1) is 10.6. The summed E-state index contributed by atoms with van der Waals surface area (Å²) >= 11 is 0. The Morgan fingerprint density at radius 2 is 2.32 bits per heavy atom. The lowest BCUT2D eigenvalue weighted by atomic mass is 9.97. The monoisotopic (exact) mass is 299 g/mol. The Hall–Kier alpha value is -2.34. The Morgan fingerprint density at radius 3 is 3.09 bits per heavy atom. The number of cyclic esters (lactones) is 1. The second-order valence-electron chi connectivity index (χ2n) is 6.14. The van der Waals surface area contributed by atoms with Gasteiger partial charge >= 0.3 is 5.97 Å². The topological polar surface area (TPSA) is 76.4 Å². The molecule has 22 heavy (non-hydrogen) atoms. The van der Waals surface area contributed by atoms with Crippen LogP contribution in [0.3, 0.4) is 0 Å². The van der Waals surface area contributed by atoms with Crippen molar-refractivity contribution >= 4 is 11.7 Å². The lowest BCUT2D eigenvalue weighted by Gasteiger charge is -2.31. The van der Waals surface area contributed by atoms with E-state index in [1.165, 1.54) is 5.56 Å². The molecule has 1 aromatic carbocycles. The third kappa shape index (κ3) is 1.91. The molecule has 2 aliphatic heterocycles. The summed E-state index contributed by atoms with van der Waals surface area (Å²) in [6, 6.07) is 8.10. The Kier molecular flexibility index (Phi) is 2.77. The number of carbonyl (C=O) groups excluding carboxylic acids is 1. The number of rotatable bonds is 2. The van der Waals surface area contributed by atoms with Crippen molar-refractivity contribution in [2.45, 2.75) is 31.5 Å². The van der Waals surface area contributed by atoms with E-state index in [2.05, 4.69) is 16.4 Å². The average molecular weight is 299 g/mol. The van der Waals surface area contributed by atoms with E-state index in [1.54, 1.807) is 13.3 Å². The van der Waals surface area contributed by atoms with Crippen molar-refractivity contribution in [3.05, 3.63) is 47.5 Å². The Bertz CT molecular complexity index is 730. The van der Waals surface area contributed by atoms with Gasteiger partial charge in [0.2, 0.25) is 0 Å². The molecule has 114 valence electrons. The number of para-hydroxylation sites is 1. The summed E-state index contributed by atoms with van der Waals surface area (Å²) in [7, 11) is 0. The van der Waals surface area contributed by atoms with Crippen molar-refractivity contribution in [2.24, 2.45) is 0 Å². The minimum Gasteiger partial charge on any atom is -0.452 e. The zero-order valence-corrected chi connectivity index (χ0v) is 12.2. The number of carbonyl (C=O) groups is 1. The first-order valence-corrected chi connectivity index (χ1v) is 7.34. The molecule has 0 saturated carbocycles. The number of benzene rings is 1. The molecule has 0 aliphatic carbocycles.